The number of benzene rings is 2. The van der Waals surface area contributed by atoms with Crippen molar-refractivity contribution in [1.29, 1.82) is 0 Å². The van der Waals surface area contributed by atoms with Gasteiger partial charge in [-0.1, -0.05) is 12.1 Å². The molecule has 0 heterocycles. The summed E-state index contributed by atoms with van der Waals surface area (Å²) in [5.41, 5.74) is 2.39. The fourth-order valence-corrected chi connectivity index (χ4v) is 2.65. The monoisotopic (exact) mass is 406 g/mol. The molecule has 0 radical (unpaired) electrons. The molecular formula is C19H19BrO5. The zero-order valence-corrected chi connectivity index (χ0v) is 15.9. The zero-order chi connectivity index (χ0) is 18.4. The number of methoxy groups -OCH3 is 1. The molecule has 0 N–H and O–H groups in total. The maximum atomic E-state index is 12.1. The SMILES string of the molecule is COc1ccc(C(=O)COC(=O)COc2cc(C)ccc2C)cc1Br. The lowest BCUT2D eigenvalue weighted by molar-refractivity contribution is -0.144. The van der Waals surface area contributed by atoms with Gasteiger partial charge in [0.2, 0.25) is 0 Å². The maximum absolute atomic E-state index is 12.1. The van der Waals surface area contributed by atoms with Crippen LogP contribution in [0.25, 0.3) is 0 Å². The maximum Gasteiger partial charge on any atom is 0.344 e. The zero-order valence-electron chi connectivity index (χ0n) is 14.3. The minimum atomic E-state index is -0.596. The molecule has 5 nitrogen and oxygen atoms in total. The van der Waals surface area contributed by atoms with Gasteiger partial charge >= 0.3 is 5.97 Å². The van der Waals surface area contributed by atoms with E-state index in [0.29, 0.717) is 21.5 Å². The summed E-state index contributed by atoms with van der Waals surface area (Å²) in [5, 5.41) is 0. The predicted octanol–water partition coefficient (Wildman–Crippen LogP) is 3.88. The van der Waals surface area contributed by atoms with Crippen molar-refractivity contribution in [1.82, 2.24) is 0 Å². The minimum absolute atomic E-state index is 0.246. The third kappa shape index (κ3) is 5.32. The van der Waals surface area contributed by atoms with Crippen LogP contribution < -0.4 is 9.47 Å². The van der Waals surface area contributed by atoms with E-state index in [-0.39, 0.29) is 19.0 Å². The molecule has 0 spiro atoms. The first-order valence-electron chi connectivity index (χ1n) is 7.63. The van der Waals surface area contributed by atoms with Gasteiger partial charge in [0, 0.05) is 5.56 Å². The Hall–Kier alpha value is -2.34. The fraction of sp³-hybridized carbons (Fsp3) is 0.263. The average Bonchev–Trinajstić information content (AvgIpc) is 2.60. The van der Waals surface area contributed by atoms with E-state index in [9.17, 15) is 9.59 Å². The summed E-state index contributed by atoms with van der Waals surface area (Å²) in [4.78, 5) is 23.9. The molecule has 25 heavy (non-hydrogen) atoms. The van der Waals surface area contributed by atoms with E-state index in [2.05, 4.69) is 15.9 Å². The first kappa shape index (κ1) is 19.0. The van der Waals surface area contributed by atoms with Gasteiger partial charge in [0.05, 0.1) is 11.6 Å². The molecule has 0 aliphatic rings. The molecule has 0 bridgehead atoms. The normalized spacial score (nSPS) is 10.2. The van der Waals surface area contributed by atoms with E-state index in [1.54, 1.807) is 25.3 Å². The Bertz CT molecular complexity index is 785. The predicted molar refractivity (Wildman–Crippen MR) is 97.4 cm³/mol. The Balaban J connectivity index is 1.86. The summed E-state index contributed by atoms with van der Waals surface area (Å²) in [5.74, 6) is 0.350. The second-order valence-corrected chi connectivity index (χ2v) is 6.35. The third-order valence-electron chi connectivity index (χ3n) is 3.53. The van der Waals surface area contributed by atoms with Crippen molar-refractivity contribution in [2.75, 3.05) is 20.3 Å². The highest BCUT2D eigenvalue weighted by Crippen LogP contribution is 2.25. The molecule has 2 aromatic carbocycles. The molecule has 132 valence electrons. The van der Waals surface area contributed by atoms with Crippen LogP contribution in [0.15, 0.2) is 40.9 Å². The van der Waals surface area contributed by atoms with Crippen LogP contribution in [0.1, 0.15) is 21.5 Å². The van der Waals surface area contributed by atoms with Crippen molar-refractivity contribution >= 4 is 27.7 Å². The van der Waals surface area contributed by atoms with Crippen molar-refractivity contribution in [2.45, 2.75) is 13.8 Å². The van der Waals surface area contributed by atoms with E-state index in [1.165, 1.54) is 0 Å². The molecule has 2 aromatic rings. The van der Waals surface area contributed by atoms with Gasteiger partial charge in [-0.2, -0.15) is 0 Å². The number of rotatable bonds is 7. The van der Waals surface area contributed by atoms with Gasteiger partial charge in [-0.15, -0.1) is 0 Å². The molecule has 0 fully saturated rings. The van der Waals surface area contributed by atoms with Crippen molar-refractivity contribution in [3.05, 3.63) is 57.6 Å². The van der Waals surface area contributed by atoms with Crippen LogP contribution in [-0.4, -0.2) is 32.1 Å². The number of carbonyl (C=O) groups is 2. The minimum Gasteiger partial charge on any atom is -0.496 e. The summed E-state index contributed by atoms with van der Waals surface area (Å²) in [6.07, 6.45) is 0. The summed E-state index contributed by atoms with van der Waals surface area (Å²) in [6.45, 7) is 3.25. The molecular weight excluding hydrogens is 388 g/mol. The Labute approximate surface area is 155 Å². The van der Waals surface area contributed by atoms with Gasteiger partial charge in [0.15, 0.2) is 19.0 Å². The van der Waals surface area contributed by atoms with Gasteiger partial charge in [0.25, 0.3) is 0 Å². The van der Waals surface area contributed by atoms with Crippen molar-refractivity contribution in [2.24, 2.45) is 0 Å². The summed E-state index contributed by atoms with van der Waals surface area (Å²) in [6, 6.07) is 10.6. The second-order valence-electron chi connectivity index (χ2n) is 5.49. The largest absolute Gasteiger partial charge is 0.496 e. The number of hydrogen-bond donors (Lipinski definition) is 0. The van der Waals surface area contributed by atoms with E-state index < -0.39 is 5.97 Å². The Morgan fingerprint density at radius 2 is 1.76 bits per heavy atom. The Morgan fingerprint density at radius 1 is 1.00 bits per heavy atom. The highest BCUT2D eigenvalue weighted by Gasteiger charge is 2.13. The van der Waals surface area contributed by atoms with Gasteiger partial charge in [-0.05, 0) is 65.2 Å². The molecule has 0 atom stereocenters. The summed E-state index contributed by atoms with van der Waals surface area (Å²) in [7, 11) is 1.54. The number of ketones is 1. The second kappa shape index (κ2) is 8.67. The molecule has 0 unspecified atom stereocenters. The van der Waals surface area contributed by atoms with Gasteiger partial charge in [-0.3, -0.25) is 4.79 Å². The quantitative estimate of drug-likeness (QED) is 0.515. The standard InChI is InChI=1S/C19H19BrO5/c1-12-4-5-13(2)18(8-12)24-11-19(22)25-10-16(21)14-6-7-17(23-3)15(20)9-14/h4-9H,10-11H2,1-3H3. The number of Topliss-reactive ketones (excluding diaryl/α,β-unsaturated/α-hetero) is 1. The molecule has 0 saturated carbocycles. The lowest BCUT2D eigenvalue weighted by Gasteiger charge is -2.10. The number of esters is 1. The number of aryl methyl sites for hydroxylation is 2. The lowest BCUT2D eigenvalue weighted by Crippen LogP contribution is -2.19. The molecule has 0 saturated heterocycles. The topological polar surface area (TPSA) is 61.8 Å². The van der Waals surface area contributed by atoms with Gasteiger partial charge in [-0.25, -0.2) is 4.79 Å². The van der Waals surface area contributed by atoms with Crippen LogP contribution in [-0.2, 0) is 9.53 Å². The number of hydrogen-bond acceptors (Lipinski definition) is 5. The number of ether oxygens (including phenoxy) is 3. The van der Waals surface area contributed by atoms with Crippen LogP contribution in [0.2, 0.25) is 0 Å². The molecule has 0 amide bonds. The Kier molecular flexibility index (Phi) is 6.58. The van der Waals surface area contributed by atoms with Gasteiger partial charge in [0.1, 0.15) is 11.5 Å². The number of halogens is 1. The highest BCUT2D eigenvalue weighted by molar-refractivity contribution is 9.10. The molecule has 2 rings (SSSR count). The first-order chi connectivity index (χ1) is 11.9. The summed E-state index contributed by atoms with van der Waals surface area (Å²) >= 11 is 3.31. The fourth-order valence-electron chi connectivity index (χ4n) is 2.11. The van der Waals surface area contributed by atoms with Crippen LogP contribution in [0, 0.1) is 13.8 Å². The van der Waals surface area contributed by atoms with E-state index >= 15 is 0 Å². The van der Waals surface area contributed by atoms with Gasteiger partial charge < -0.3 is 14.2 Å². The van der Waals surface area contributed by atoms with E-state index in [0.717, 1.165) is 11.1 Å². The number of carbonyl (C=O) groups excluding carboxylic acids is 2. The van der Waals surface area contributed by atoms with Crippen LogP contribution in [0.4, 0.5) is 0 Å². The molecule has 6 heteroatoms. The smallest absolute Gasteiger partial charge is 0.344 e. The van der Waals surface area contributed by atoms with E-state index in [1.807, 2.05) is 32.0 Å². The van der Waals surface area contributed by atoms with Crippen molar-refractivity contribution in [3.63, 3.8) is 0 Å². The third-order valence-corrected chi connectivity index (χ3v) is 4.15. The van der Waals surface area contributed by atoms with Crippen molar-refractivity contribution in [3.8, 4) is 11.5 Å². The lowest BCUT2D eigenvalue weighted by atomic mass is 10.1. The van der Waals surface area contributed by atoms with E-state index in [4.69, 9.17) is 14.2 Å². The van der Waals surface area contributed by atoms with Crippen LogP contribution in [0.5, 0.6) is 11.5 Å². The molecule has 0 aliphatic carbocycles. The Morgan fingerprint density at radius 3 is 2.44 bits per heavy atom. The highest BCUT2D eigenvalue weighted by atomic mass is 79.9. The van der Waals surface area contributed by atoms with Crippen LogP contribution in [0.3, 0.4) is 0 Å². The first-order valence-corrected chi connectivity index (χ1v) is 8.42. The van der Waals surface area contributed by atoms with Crippen LogP contribution >= 0.6 is 15.9 Å². The molecule has 0 aliphatic heterocycles. The average molecular weight is 407 g/mol. The molecule has 0 aromatic heterocycles. The van der Waals surface area contributed by atoms with Crippen molar-refractivity contribution < 1.29 is 23.8 Å². The summed E-state index contributed by atoms with van der Waals surface area (Å²) < 4.78 is 16.2.